The first-order valence-electron chi connectivity index (χ1n) is 7.09. The first-order chi connectivity index (χ1) is 9.49. The van der Waals surface area contributed by atoms with E-state index in [1.54, 1.807) is 13.0 Å². The second-order valence-electron chi connectivity index (χ2n) is 5.11. The normalized spacial score (nSPS) is 12.1. The molecular weight excluding hydrogens is 289 g/mol. The Balaban J connectivity index is 0.00000220. The molecule has 21 heavy (non-hydrogen) atoms. The molecule has 2 N–H and O–H groups in total. The van der Waals surface area contributed by atoms with E-state index in [-0.39, 0.29) is 24.3 Å². The number of aromatic nitrogens is 1. The highest BCUT2D eigenvalue weighted by atomic mass is 35.5. The van der Waals surface area contributed by atoms with Crippen molar-refractivity contribution in [3.05, 3.63) is 35.1 Å². The highest BCUT2D eigenvalue weighted by molar-refractivity contribution is 5.85. The van der Waals surface area contributed by atoms with Crippen molar-refractivity contribution in [3.63, 3.8) is 0 Å². The summed E-state index contributed by atoms with van der Waals surface area (Å²) in [5.41, 5.74) is 8.40. The molecule has 0 aliphatic heterocycles. The Morgan fingerprint density at radius 1 is 1.29 bits per heavy atom. The topological polar surface area (TPSA) is 42.2 Å². The van der Waals surface area contributed by atoms with Gasteiger partial charge >= 0.3 is 0 Å². The van der Waals surface area contributed by atoms with E-state index in [0.717, 1.165) is 35.4 Å². The Morgan fingerprint density at radius 2 is 1.90 bits per heavy atom. The molecule has 0 unspecified atom stereocenters. The van der Waals surface area contributed by atoms with E-state index in [0.29, 0.717) is 5.56 Å². The van der Waals surface area contributed by atoms with E-state index in [1.807, 2.05) is 13.0 Å². The summed E-state index contributed by atoms with van der Waals surface area (Å²) in [5.74, 6) is 0.648. The third-order valence-corrected chi connectivity index (χ3v) is 3.74. The van der Waals surface area contributed by atoms with E-state index < -0.39 is 0 Å². The number of nitrogens with two attached hydrogens (primary N) is 1. The van der Waals surface area contributed by atoms with Crippen LogP contribution in [0.15, 0.2) is 18.2 Å². The maximum atomic E-state index is 13.7. The van der Waals surface area contributed by atoms with E-state index in [9.17, 15) is 4.39 Å². The van der Waals surface area contributed by atoms with Gasteiger partial charge in [-0.2, -0.15) is 0 Å². The van der Waals surface area contributed by atoms with Gasteiger partial charge in [-0.25, -0.2) is 9.37 Å². The molecule has 0 saturated heterocycles. The summed E-state index contributed by atoms with van der Waals surface area (Å²) in [6.45, 7) is 9.58. The minimum atomic E-state index is -0.218. The zero-order valence-electron chi connectivity index (χ0n) is 13.0. The Morgan fingerprint density at radius 3 is 2.43 bits per heavy atom. The van der Waals surface area contributed by atoms with Crippen LogP contribution in [0.5, 0.6) is 0 Å². The van der Waals surface area contributed by atoms with Crippen LogP contribution in [-0.4, -0.2) is 18.1 Å². The van der Waals surface area contributed by atoms with Gasteiger partial charge < -0.3 is 10.6 Å². The van der Waals surface area contributed by atoms with Crippen molar-refractivity contribution in [2.75, 3.05) is 18.0 Å². The lowest BCUT2D eigenvalue weighted by molar-refractivity contribution is 0.620. The molecule has 1 aromatic carbocycles. The fourth-order valence-corrected chi connectivity index (χ4v) is 2.48. The third-order valence-electron chi connectivity index (χ3n) is 3.74. The van der Waals surface area contributed by atoms with Crippen LogP contribution in [0.3, 0.4) is 0 Å². The minimum absolute atomic E-state index is 0. The molecule has 3 nitrogen and oxygen atoms in total. The number of aryl methyl sites for hydroxylation is 1. The molecule has 5 heteroatoms. The van der Waals surface area contributed by atoms with Crippen molar-refractivity contribution in [2.45, 2.75) is 33.7 Å². The number of anilines is 1. The van der Waals surface area contributed by atoms with E-state index in [2.05, 4.69) is 18.7 Å². The zero-order chi connectivity index (χ0) is 14.9. The van der Waals surface area contributed by atoms with Crippen molar-refractivity contribution in [1.82, 2.24) is 4.98 Å². The van der Waals surface area contributed by atoms with Gasteiger partial charge in [0.1, 0.15) is 11.6 Å². The van der Waals surface area contributed by atoms with Crippen LogP contribution in [0.25, 0.3) is 10.9 Å². The minimum Gasteiger partial charge on any atom is -0.357 e. The number of pyridine rings is 1. The second kappa shape index (κ2) is 7.05. The zero-order valence-corrected chi connectivity index (χ0v) is 13.8. The molecule has 2 rings (SSSR count). The molecule has 2 aromatic rings. The van der Waals surface area contributed by atoms with Gasteiger partial charge in [-0.05, 0) is 45.9 Å². The number of nitrogens with zero attached hydrogens (tertiary/aromatic N) is 2. The van der Waals surface area contributed by atoms with Gasteiger partial charge in [-0.3, -0.25) is 0 Å². The summed E-state index contributed by atoms with van der Waals surface area (Å²) in [4.78, 5) is 6.86. The molecule has 1 heterocycles. The van der Waals surface area contributed by atoms with Crippen LogP contribution < -0.4 is 10.6 Å². The molecular formula is C16H23ClFN3. The summed E-state index contributed by atoms with van der Waals surface area (Å²) in [7, 11) is 0. The highest BCUT2D eigenvalue weighted by Gasteiger charge is 2.16. The molecule has 0 amide bonds. The molecule has 0 saturated carbocycles. The van der Waals surface area contributed by atoms with Gasteiger partial charge in [0.15, 0.2) is 0 Å². The monoisotopic (exact) mass is 311 g/mol. The number of hydrogen-bond acceptors (Lipinski definition) is 3. The Kier molecular flexibility index (Phi) is 5.93. The number of fused-ring (bicyclic) bond motifs is 1. The molecule has 0 aliphatic rings. The average molecular weight is 312 g/mol. The third kappa shape index (κ3) is 3.27. The molecule has 1 atom stereocenters. The number of halogens is 2. The van der Waals surface area contributed by atoms with Gasteiger partial charge in [0, 0.05) is 35.6 Å². The first kappa shape index (κ1) is 17.7. The van der Waals surface area contributed by atoms with E-state index in [1.165, 1.54) is 6.07 Å². The van der Waals surface area contributed by atoms with Crippen LogP contribution in [0, 0.1) is 12.7 Å². The lowest BCUT2D eigenvalue weighted by Gasteiger charge is -2.25. The molecule has 1 aromatic heterocycles. The van der Waals surface area contributed by atoms with Gasteiger partial charge in [-0.1, -0.05) is 0 Å². The maximum Gasteiger partial charge on any atom is 0.134 e. The summed E-state index contributed by atoms with van der Waals surface area (Å²) in [6.07, 6.45) is 0. The Labute approximate surface area is 131 Å². The first-order valence-corrected chi connectivity index (χ1v) is 7.09. The van der Waals surface area contributed by atoms with E-state index in [4.69, 9.17) is 10.7 Å². The number of rotatable bonds is 4. The van der Waals surface area contributed by atoms with Crippen molar-refractivity contribution in [3.8, 4) is 0 Å². The molecule has 0 bridgehead atoms. The van der Waals surface area contributed by atoms with E-state index >= 15 is 0 Å². The predicted octanol–water partition coefficient (Wildman–Crippen LogP) is 3.97. The second-order valence-corrected chi connectivity index (χ2v) is 5.11. The number of hydrogen-bond donors (Lipinski definition) is 1. The highest BCUT2D eigenvalue weighted by Crippen LogP contribution is 2.29. The van der Waals surface area contributed by atoms with Crippen molar-refractivity contribution >= 4 is 29.1 Å². The predicted molar refractivity (Wildman–Crippen MR) is 89.8 cm³/mol. The fourth-order valence-electron chi connectivity index (χ4n) is 2.48. The van der Waals surface area contributed by atoms with Crippen LogP contribution in [0.2, 0.25) is 0 Å². The molecule has 0 spiro atoms. The average Bonchev–Trinajstić information content (AvgIpc) is 2.44. The quantitative estimate of drug-likeness (QED) is 0.929. The lowest BCUT2D eigenvalue weighted by Crippen LogP contribution is -2.26. The van der Waals surface area contributed by atoms with Gasteiger partial charge in [0.2, 0.25) is 0 Å². The lowest BCUT2D eigenvalue weighted by atomic mass is 10.0. The summed E-state index contributed by atoms with van der Waals surface area (Å²) >= 11 is 0. The van der Waals surface area contributed by atoms with Gasteiger partial charge in [0.25, 0.3) is 0 Å². The fraction of sp³-hybridized carbons (Fsp3) is 0.438. The van der Waals surface area contributed by atoms with Gasteiger partial charge in [-0.15, -0.1) is 12.4 Å². The summed E-state index contributed by atoms with van der Waals surface area (Å²) in [5, 5.41) is 0.937. The SMILES string of the molecule is CCN(CC)c1nc2c(C)c(F)ccc2cc1[C@H](C)N.Cl. The largest absolute Gasteiger partial charge is 0.357 e. The van der Waals surface area contributed by atoms with Crippen molar-refractivity contribution in [1.29, 1.82) is 0 Å². The molecule has 0 aliphatic carbocycles. The number of benzene rings is 1. The van der Waals surface area contributed by atoms with Crippen molar-refractivity contribution in [2.24, 2.45) is 5.73 Å². The van der Waals surface area contributed by atoms with Crippen LogP contribution in [-0.2, 0) is 0 Å². The molecule has 0 radical (unpaired) electrons. The Bertz CT molecular complexity index is 624. The van der Waals surface area contributed by atoms with Crippen molar-refractivity contribution < 1.29 is 4.39 Å². The maximum absolute atomic E-state index is 13.7. The summed E-state index contributed by atoms with van der Waals surface area (Å²) < 4.78 is 13.7. The molecule has 116 valence electrons. The Hall–Kier alpha value is -1.39. The summed E-state index contributed by atoms with van der Waals surface area (Å²) in [6, 6.07) is 5.18. The van der Waals surface area contributed by atoms with Crippen LogP contribution >= 0.6 is 12.4 Å². The smallest absolute Gasteiger partial charge is 0.134 e. The van der Waals surface area contributed by atoms with Gasteiger partial charge in [0.05, 0.1) is 5.52 Å². The van der Waals surface area contributed by atoms with Crippen LogP contribution in [0.4, 0.5) is 10.2 Å². The molecule has 0 fully saturated rings. The van der Waals surface area contributed by atoms with Crippen LogP contribution in [0.1, 0.15) is 37.9 Å². The standard InChI is InChI=1S/C16H22FN3.ClH/c1-5-20(6-2)16-13(11(4)18)9-12-7-8-14(17)10(3)15(12)19-16;/h7-9,11H,5-6,18H2,1-4H3;1H/t11-;/m0./s1.